The van der Waals surface area contributed by atoms with E-state index in [0.717, 1.165) is 28.0 Å². The molecule has 3 aromatic rings. The fourth-order valence-electron chi connectivity index (χ4n) is 7.86. The molecule has 1 aromatic heterocycles. The number of carbonyl (C=O) groups is 3. The van der Waals surface area contributed by atoms with Crippen molar-refractivity contribution in [3.8, 4) is 0 Å². The molecule has 0 saturated heterocycles. The molecule has 0 radical (unpaired) electrons. The van der Waals surface area contributed by atoms with Crippen LogP contribution in [-0.4, -0.2) is 51.2 Å². The van der Waals surface area contributed by atoms with Crippen molar-refractivity contribution < 1.29 is 23.9 Å². The van der Waals surface area contributed by atoms with Crippen LogP contribution in [0.15, 0.2) is 85.3 Å². The number of anilines is 1. The maximum Gasteiger partial charge on any atom is 0.408 e. The molecule has 10 heteroatoms. The molecule has 56 heavy (non-hydrogen) atoms. The minimum Gasteiger partial charge on any atom is -0.444 e. The lowest BCUT2D eigenvalue weighted by Gasteiger charge is -2.36. The van der Waals surface area contributed by atoms with E-state index in [9.17, 15) is 14.4 Å². The van der Waals surface area contributed by atoms with Gasteiger partial charge in [-0.25, -0.2) is 9.78 Å². The van der Waals surface area contributed by atoms with Crippen molar-refractivity contribution in [1.29, 1.82) is 0 Å². The molecule has 2 aliphatic rings. The molecule has 3 N–H and O–H groups in total. The number of aromatic nitrogens is 2. The lowest BCUT2D eigenvalue weighted by molar-refractivity contribution is -0.131. The van der Waals surface area contributed by atoms with E-state index >= 15 is 0 Å². The average molecular weight is 770 g/mol. The van der Waals surface area contributed by atoms with Crippen LogP contribution in [0.3, 0.4) is 0 Å². The summed E-state index contributed by atoms with van der Waals surface area (Å²) in [5, 5.41) is 8.05. The Morgan fingerprint density at radius 3 is 2.18 bits per heavy atom. The second kappa shape index (κ2) is 20.6. The number of amides is 3. The SMILES string of the molecule is C=C(C)C(c1ccccc1)n1cnc(NC(=O)[C@@H](COCc2ccccc2)NC(=O)C(C)(C)NC(=O)OC(C)(C)C)c1.CCC1CCCC2(CCCCC2)CC1. The van der Waals surface area contributed by atoms with E-state index in [-0.39, 0.29) is 19.3 Å². The van der Waals surface area contributed by atoms with E-state index in [1.165, 1.54) is 58.8 Å². The summed E-state index contributed by atoms with van der Waals surface area (Å²) in [6, 6.07) is 18.1. The minimum atomic E-state index is -1.38. The number of rotatable bonds is 13. The third-order valence-electron chi connectivity index (χ3n) is 11.0. The van der Waals surface area contributed by atoms with Crippen LogP contribution in [0, 0.1) is 11.3 Å². The third kappa shape index (κ3) is 13.9. The van der Waals surface area contributed by atoms with Crippen LogP contribution < -0.4 is 16.0 Å². The van der Waals surface area contributed by atoms with Crippen LogP contribution in [0.25, 0.3) is 0 Å². The van der Waals surface area contributed by atoms with Gasteiger partial charge in [-0.2, -0.15) is 0 Å². The Balaban J connectivity index is 0.000000413. The zero-order valence-corrected chi connectivity index (χ0v) is 35.0. The lowest BCUT2D eigenvalue weighted by Crippen LogP contribution is -2.59. The maximum absolute atomic E-state index is 13.4. The molecule has 10 nitrogen and oxygen atoms in total. The molecule has 3 amide bonds. The smallest absolute Gasteiger partial charge is 0.408 e. The molecule has 2 aliphatic carbocycles. The summed E-state index contributed by atoms with van der Waals surface area (Å²) in [4.78, 5) is 43.4. The van der Waals surface area contributed by atoms with Crippen molar-refractivity contribution in [2.24, 2.45) is 11.3 Å². The molecule has 1 heterocycles. The van der Waals surface area contributed by atoms with Gasteiger partial charge in [0.05, 0.1) is 25.6 Å². The van der Waals surface area contributed by atoms with Gasteiger partial charge in [0.2, 0.25) is 5.91 Å². The Labute approximate surface area is 335 Å². The predicted molar refractivity (Wildman–Crippen MR) is 224 cm³/mol. The first-order valence-corrected chi connectivity index (χ1v) is 20.6. The van der Waals surface area contributed by atoms with Crippen molar-refractivity contribution in [3.05, 3.63) is 96.5 Å². The van der Waals surface area contributed by atoms with Crippen LogP contribution in [0.5, 0.6) is 0 Å². The van der Waals surface area contributed by atoms with E-state index in [4.69, 9.17) is 9.47 Å². The molecule has 2 unspecified atom stereocenters. The minimum absolute atomic E-state index is 0.117. The fourth-order valence-corrected chi connectivity index (χ4v) is 7.86. The van der Waals surface area contributed by atoms with Gasteiger partial charge < -0.3 is 30.0 Å². The van der Waals surface area contributed by atoms with Gasteiger partial charge in [0, 0.05) is 6.20 Å². The molecule has 1 spiro atoms. The van der Waals surface area contributed by atoms with Crippen LogP contribution in [0.1, 0.15) is 136 Å². The van der Waals surface area contributed by atoms with Gasteiger partial charge in [0.25, 0.3) is 5.91 Å². The highest BCUT2D eigenvalue weighted by Gasteiger charge is 2.35. The number of hydrogen-bond donors (Lipinski definition) is 3. The number of carbonyl (C=O) groups excluding carboxylic acids is 3. The molecule has 2 fully saturated rings. The van der Waals surface area contributed by atoms with Gasteiger partial charge in [0.1, 0.15) is 17.2 Å². The average Bonchev–Trinajstić information content (AvgIpc) is 3.50. The molecule has 3 atom stereocenters. The van der Waals surface area contributed by atoms with Gasteiger partial charge in [-0.3, -0.25) is 9.59 Å². The number of ether oxygens (including phenoxy) is 2. The Morgan fingerprint density at radius 1 is 0.911 bits per heavy atom. The predicted octanol–water partition coefficient (Wildman–Crippen LogP) is 9.92. The molecular weight excluding hydrogens is 703 g/mol. The van der Waals surface area contributed by atoms with Crippen LogP contribution >= 0.6 is 0 Å². The maximum atomic E-state index is 13.4. The summed E-state index contributed by atoms with van der Waals surface area (Å²) in [5.74, 6) is 0.252. The van der Waals surface area contributed by atoms with Crippen molar-refractivity contribution in [3.63, 3.8) is 0 Å². The molecule has 5 rings (SSSR count). The fraction of sp³-hybridized carbons (Fsp3) is 0.565. The van der Waals surface area contributed by atoms with E-state index in [1.54, 1.807) is 59.0 Å². The second-order valence-corrected chi connectivity index (χ2v) is 17.4. The van der Waals surface area contributed by atoms with Crippen molar-refractivity contribution in [2.75, 3.05) is 11.9 Å². The van der Waals surface area contributed by atoms with Gasteiger partial charge in [-0.1, -0.05) is 118 Å². The molecule has 2 saturated carbocycles. The number of nitrogens with one attached hydrogen (secondary N) is 3. The quantitative estimate of drug-likeness (QED) is 0.149. The van der Waals surface area contributed by atoms with Crippen LogP contribution in [0.2, 0.25) is 0 Å². The van der Waals surface area contributed by atoms with Gasteiger partial charge >= 0.3 is 6.09 Å². The van der Waals surface area contributed by atoms with Gasteiger partial charge in [-0.05, 0) is 96.1 Å². The topological polar surface area (TPSA) is 124 Å². The molecule has 2 aromatic carbocycles. The Hall–Kier alpha value is -4.44. The summed E-state index contributed by atoms with van der Waals surface area (Å²) >= 11 is 0. The number of nitrogens with zero attached hydrogens (tertiary/aromatic N) is 2. The molecular formula is C46H67N5O5. The number of benzene rings is 2. The molecule has 306 valence electrons. The Morgan fingerprint density at radius 2 is 1.55 bits per heavy atom. The first kappa shape index (κ1) is 44.3. The normalized spacial score (nSPS) is 17.9. The zero-order chi connectivity index (χ0) is 40.8. The summed E-state index contributed by atoms with van der Waals surface area (Å²) in [6.07, 6.45) is 19.4. The molecule has 0 aliphatic heterocycles. The number of hydrogen-bond acceptors (Lipinski definition) is 6. The zero-order valence-electron chi connectivity index (χ0n) is 35.0. The van der Waals surface area contributed by atoms with Crippen molar-refractivity contribution in [2.45, 2.75) is 149 Å². The third-order valence-corrected chi connectivity index (χ3v) is 11.0. The highest BCUT2D eigenvalue weighted by atomic mass is 16.6. The van der Waals surface area contributed by atoms with Crippen LogP contribution in [0.4, 0.5) is 10.6 Å². The van der Waals surface area contributed by atoms with E-state index in [1.807, 2.05) is 72.2 Å². The summed E-state index contributed by atoms with van der Waals surface area (Å²) < 4.78 is 13.0. The Kier molecular flexibility index (Phi) is 16.3. The second-order valence-electron chi connectivity index (χ2n) is 17.4. The monoisotopic (exact) mass is 770 g/mol. The van der Waals surface area contributed by atoms with Crippen molar-refractivity contribution in [1.82, 2.24) is 20.2 Å². The summed E-state index contributed by atoms with van der Waals surface area (Å²) in [5.41, 5.74) is 1.54. The Bertz CT molecular complexity index is 1690. The van der Waals surface area contributed by atoms with E-state index < -0.39 is 35.1 Å². The highest BCUT2D eigenvalue weighted by molar-refractivity contribution is 5.98. The number of allylic oxidation sites excluding steroid dienone is 1. The standard InChI is InChI=1S/C32H41N5O5.C14H26/c1-22(2)27(24-16-12-9-13-17-24)37-18-26(33-21-37)35-28(38)25(20-41-19-23-14-10-8-11-15-23)34-29(39)32(6,7)36-30(40)42-31(3,4)5;1-2-13-7-6-11-14(12-8-13)9-4-3-5-10-14/h8-18,21,25,27H,1,19-20H2,2-7H3,(H,34,39)(H,35,38)(H,36,40);13H,2-12H2,1H3/t25-,27?;/m1./s1. The lowest BCUT2D eigenvalue weighted by atomic mass is 9.69. The number of alkyl carbamates (subject to hydrolysis) is 1. The van der Waals surface area contributed by atoms with Crippen molar-refractivity contribution >= 4 is 23.7 Å². The van der Waals surface area contributed by atoms with Gasteiger partial charge in [0.15, 0.2) is 5.82 Å². The van der Waals surface area contributed by atoms with E-state index in [2.05, 4.69) is 34.4 Å². The largest absolute Gasteiger partial charge is 0.444 e. The first-order valence-electron chi connectivity index (χ1n) is 20.6. The summed E-state index contributed by atoms with van der Waals surface area (Å²) in [6.45, 7) is 16.8. The summed E-state index contributed by atoms with van der Waals surface area (Å²) in [7, 11) is 0. The number of imidazole rings is 1. The highest BCUT2D eigenvalue weighted by Crippen LogP contribution is 2.47. The first-order chi connectivity index (χ1) is 26.6. The van der Waals surface area contributed by atoms with E-state index in [0.29, 0.717) is 5.82 Å². The van der Waals surface area contributed by atoms with Crippen LogP contribution in [-0.2, 0) is 25.7 Å². The molecule has 0 bridgehead atoms. The van der Waals surface area contributed by atoms with Gasteiger partial charge in [-0.15, -0.1) is 0 Å².